The van der Waals surface area contributed by atoms with E-state index in [-0.39, 0.29) is 11.3 Å². The van der Waals surface area contributed by atoms with Crippen LogP contribution in [0.2, 0.25) is 0 Å². The van der Waals surface area contributed by atoms with Crippen molar-refractivity contribution >= 4 is 22.1 Å². The summed E-state index contributed by atoms with van der Waals surface area (Å²) in [6.07, 6.45) is 2.05. The molecule has 0 atom stereocenters. The third-order valence-electron chi connectivity index (χ3n) is 5.85. The maximum absolute atomic E-state index is 13.8. The molecule has 0 aliphatic heterocycles. The first-order valence-electron chi connectivity index (χ1n) is 10.8. The van der Waals surface area contributed by atoms with Crippen molar-refractivity contribution in [3.05, 3.63) is 82.2 Å². The molecule has 0 bridgehead atoms. The topological polar surface area (TPSA) is 84.1 Å². The largest absolute Gasteiger partial charge is 0.481 e. The highest BCUT2D eigenvalue weighted by molar-refractivity contribution is 6.02. The summed E-state index contributed by atoms with van der Waals surface area (Å²) in [6, 6.07) is 13.5. The molecule has 0 saturated carbocycles. The second-order valence-electron chi connectivity index (χ2n) is 7.96. The molecule has 10 heteroatoms. The monoisotopic (exact) mass is 477 g/mol. The lowest BCUT2D eigenvalue weighted by molar-refractivity contribution is -0.0498. The third-order valence-corrected chi connectivity index (χ3v) is 5.85. The van der Waals surface area contributed by atoms with Crippen LogP contribution in [-0.4, -0.2) is 37.8 Å². The van der Waals surface area contributed by atoms with Gasteiger partial charge in [-0.15, -0.1) is 0 Å². The van der Waals surface area contributed by atoms with Crippen LogP contribution >= 0.6 is 0 Å². The maximum Gasteiger partial charge on any atom is 0.387 e. The Bertz CT molecular complexity index is 1610. The number of pyridine rings is 3. The van der Waals surface area contributed by atoms with Crippen LogP contribution in [0.4, 0.5) is 8.78 Å². The molecule has 5 aromatic rings. The molecular formula is C25H21F2N5O3. The van der Waals surface area contributed by atoms with Gasteiger partial charge in [0.05, 0.1) is 24.0 Å². The highest BCUT2D eigenvalue weighted by Gasteiger charge is 2.21. The first-order valence-corrected chi connectivity index (χ1v) is 10.8. The van der Waals surface area contributed by atoms with Crippen LogP contribution < -0.4 is 15.0 Å². The van der Waals surface area contributed by atoms with Crippen LogP contribution in [0.1, 0.15) is 17.1 Å². The smallest absolute Gasteiger partial charge is 0.387 e. The summed E-state index contributed by atoms with van der Waals surface area (Å²) < 4.78 is 38.0. The Morgan fingerprint density at radius 1 is 1.06 bits per heavy atom. The Balaban J connectivity index is 1.71. The van der Waals surface area contributed by atoms with Crippen LogP contribution in [0, 0.1) is 6.92 Å². The summed E-state index contributed by atoms with van der Waals surface area (Å²) in [5.74, 6) is 1.09. The fraction of sp³-hybridized carbons (Fsp3) is 0.200. The van der Waals surface area contributed by atoms with Crippen molar-refractivity contribution in [2.24, 2.45) is 7.05 Å². The lowest BCUT2D eigenvalue weighted by Crippen LogP contribution is -2.21. The van der Waals surface area contributed by atoms with Gasteiger partial charge in [0, 0.05) is 31.1 Å². The standard InChI is InChI=1S/C25H21F2N5O3/c1-14-18(5-4-12-28-14)32-23-17(10-11-20(30-23)34-3)22-21(24(32)33)29-19(31(22)2)13-15-6-8-16(9-7-15)35-25(26)27/h4-12,25H,13H2,1-3H3. The quantitative estimate of drug-likeness (QED) is 0.365. The summed E-state index contributed by atoms with van der Waals surface area (Å²) >= 11 is 0. The number of methoxy groups -OCH3 is 1. The zero-order chi connectivity index (χ0) is 24.7. The van der Waals surface area contributed by atoms with Gasteiger partial charge in [-0.3, -0.25) is 14.3 Å². The van der Waals surface area contributed by atoms with E-state index in [1.54, 1.807) is 30.5 Å². The average molecular weight is 477 g/mol. The van der Waals surface area contributed by atoms with E-state index in [4.69, 9.17) is 4.74 Å². The number of halogens is 2. The molecule has 0 aliphatic rings. The van der Waals surface area contributed by atoms with Crippen molar-refractivity contribution in [2.75, 3.05) is 7.11 Å². The number of nitrogens with zero attached hydrogens (tertiary/aromatic N) is 5. The molecule has 0 spiro atoms. The van der Waals surface area contributed by atoms with E-state index in [0.29, 0.717) is 46.2 Å². The van der Waals surface area contributed by atoms with Gasteiger partial charge in [-0.1, -0.05) is 12.1 Å². The first kappa shape index (κ1) is 22.5. The minimum Gasteiger partial charge on any atom is -0.481 e. The Kier molecular flexibility index (Phi) is 5.64. The van der Waals surface area contributed by atoms with Gasteiger partial charge in [0.25, 0.3) is 5.56 Å². The van der Waals surface area contributed by atoms with Gasteiger partial charge in [0.1, 0.15) is 11.6 Å². The summed E-state index contributed by atoms with van der Waals surface area (Å²) in [6.45, 7) is -1.06. The van der Waals surface area contributed by atoms with Crippen molar-refractivity contribution in [2.45, 2.75) is 20.0 Å². The van der Waals surface area contributed by atoms with Crippen LogP contribution in [0.25, 0.3) is 27.8 Å². The van der Waals surface area contributed by atoms with Crippen molar-refractivity contribution < 1.29 is 18.3 Å². The first-order chi connectivity index (χ1) is 16.9. The molecule has 0 saturated heterocycles. The van der Waals surface area contributed by atoms with Crippen molar-refractivity contribution in [1.29, 1.82) is 0 Å². The Morgan fingerprint density at radius 3 is 2.51 bits per heavy atom. The van der Waals surface area contributed by atoms with Gasteiger partial charge in [0.15, 0.2) is 11.2 Å². The number of hydrogen-bond acceptors (Lipinski definition) is 6. The van der Waals surface area contributed by atoms with E-state index in [0.717, 1.165) is 10.9 Å². The number of aryl methyl sites for hydroxylation is 2. The molecule has 0 aliphatic carbocycles. The lowest BCUT2D eigenvalue weighted by atomic mass is 10.1. The predicted molar refractivity (Wildman–Crippen MR) is 127 cm³/mol. The molecule has 0 unspecified atom stereocenters. The predicted octanol–water partition coefficient (Wildman–Crippen LogP) is 4.18. The van der Waals surface area contributed by atoms with Crippen LogP contribution in [0.3, 0.4) is 0 Å². The summed E-state index contributed by atoms with van der Waals surface area (Å²) in [7, 11) is 3.35. The molecule has 1 aromatic carbocycles. The fourth-order valence-corrected chi connectivity index (χ4v) is 4.17. The highest BCUT2D eigenvalue weighted by atomic mass is 19.3. The number of benzene rings is 1. The van der Waals surface area contributed by atoms with E-state index in [2.05, 4.69) is 19.7 Å². The van der Waals surface area contributed by atoms with Crippen LogP contribution in [0.5, 0.6) is 11.6 Å². The number of aromatic nitrogens is 5. The van der Waals surface area contributed by atoms with Gasteiger partial charge in [-0.25, -0.2) is 4.98 Å². The zero-order valence-corrected chi connectivity index (χ0v) is 19.2. The maximum atomic E-state index is 13.8. The number of rotatable bonds is 6. The summed E-state index contributed by atoms with van der Waals surface area (Å²) in [5, 5.41) is 0.727. The highest BCUT2D eigenvalue weighted by Crippen LogP contribution is 2.28. The second-order valence-corrected chi connectivity index (χ2v) is 7.96. The van der Waals surface area contributed by atoms with Crippen molar-refractivity contribution in [3.63, 3.8) is 0 Å². The summed E-state index contributed by atoms with van der Waals surface area (Å²) in [5.41, 5.74) is 3.15. The molecule has 0 fully saturated rings. The molecule has 0 radical (unpaired) electrons. The van der Waals surface area contributed by atoms with Gasteiger partial charge in [-0.2, -0.15) is 13.8 Å². The van der Waals surface area contributed by atoms with E-state index in [1.807, 2.05) is 30.7 Å². The molecule has 0 amide bonds. The number of ether oxygens (including phenoxy) is 2. The minimum absolute atomic E-state index is 0.0782. The molecule has 4 aromatic heterocycles. The van der Waals surface area contributed by atoms with E-state index < -0.39 is 6.61 Å². The Labute approximate surface area is 198 Å². The van der Waals surface area contributed by atoms with Gasteiger partial charge >= 0.3 is 6.61 Å². The summed E-state index contributed by atoms with van der Waals surface area (Å²) in [4.78, 5) is 27.4. The van der Waals surface area contributed by atoms with Gasteiger partial charge < -0.3 is 14.0 Å². The van der Waals surface area contributed by atoms with Gasteiger partial charge in [0.2, 0.25) is 5.88 Å². The van der Waals surface area contributed by atoms with E-state index in [9.17, 15) is 13.6 Å². The average Bonchev–Trinajstić information content (AvgIpc) is 3.17. The zero-order valence-electron chi connectivity index (χ0n) is 19.2. The Hall–Kier alpha value is -4.34. The van der Waals surface area contributed by atoms with Crippen molar-refractivity contribution in [3.8, 4) is 17.3 Å². The molecule has 178 valence electrons. The number of hydrogen-bond donors (Lipinski definition) is 0. The third kappa shape index (κ3) is 3.96. The van der Waals surface area contributed by atoms with Crippen LogP contribution in [0.15, 0.2) is 59.5 Å². The van der Waals surface area contributed by atoms with E-state index in [1.165, 1.54) is 23.8 Å². The lowest BCUT2D eigenvalue weighted by Gasteiger charge is -2.13. The molecule has 0 N–H and O–H groups in total. The minimum atomic E-state index is -2.88. The Morgan fingerprint density at radius 2 is 1.83 bits per heavy atom. The molecule has 8 nitrogen and oxygen atoms in total. The van der Waals surface area contributed by atoms with E-state index >= 15 is 0 Å². The number of imidazole rings is 1. The SMILES string of the molecule is COc1ccc2c3c(nc(Cc4ccc(OC(F)F)cc4)n3C)c(=O)n(-c3cccnc3C)c2n1. The van der Waals surface area contributed by atoms with Gasteiger partial charge in [-0.05, 0) is 42.8 Å². The number of alkyl halides is 2. The molecule has 5 rings (SSSR count). The fourth-order valence-electron chi connectivity index (χ4n) is 4.17. The second kappa shape index (κ2) is 8.79. The van der Waals surface area contributed by atoms with Crippen molar-refractivity contribution in [1.82, 2.24) is 24.1 Å². The molecule has 35 heavy (non-hydrogen) atoms. The normalized spacial score (nSPS) is 11.5. The molecular weight excluding hydrogens is 456 g/mol. The van der Waals surface area contributed by atoms with Crippen LogP contribution in [-0.2, 0) is 13.5 Å². The molecule has 4 heterocycles. The number of fused-ring (bicyclic) bond motifs is 3.